The van der Waals surface area contributed by atoms with Crippen LogP contribution in [0.1, 0.15) is 28.4 Å². The van der Waals surface area contributed by atoms with Crippen LogP contribution in [0.25, 0.3) is 0 Å². The van der Waals surface area contributed by atoms with Gasteiger partial charge in [0.05, 0.1) is 17.2 Å². The van der Waals surface area contributed by atoms with Crippen LogP contribution in [0.4, 0.5) is 5.69 Å². The van der Waals surface area contributed by atoms with Crippen molar-refractivity contribution >= 4 is 17.6 Å². The van der Waals surface area contributed by atoms with Gasteiger partial charge in [0, 0.05) is 5.69 Å². The van der Waals surface area contributed by atoms with E-state index in [-0.39, 0.29) is 0 Å². The summed E-state index contributed by atoms with van der Waals surface area (Å²) in [6, 6.07) is 24.7. The maximum absolute atomic E-state index is 12.3. The minimum absolute atomic E-state index is 0.320. The average Bonchev–Trinajstić information content (AvgIpc) is 2.79. The number of carbonyl (C=O) groups is 2. The van der Waals surface area contributed by atoms with E-state index in [0.717, 1.165) is 5.56 Å². The Hall–Kier alpha value is -4.11. The maximum atomic E-state index is 12.3. The van der Waals surface area contributed by atoms with E-state index >= 15 is 0 Å². The molecule has 0 fully saturated rings. The lowest BCUT2D eigenvalue weighted by Crippen LogP contribution is -2.30. The summed E-state index contributed by atoms with van der Waals surface area (Å²) in [5.41, 5.74) is 2.37. The molecule has 0 aliphatic heterocycles. The second kappa shape index (κ2) is 9.89. The standard InChI is InChI=1S/C24H20N2O4/c1-17(23(27)26-21-11-7-18(15-25)8-12-21)30-24(28)20-9-13-22(14-10-20)29-16-19-5-3-2-4-6-19/h2-14,17H,16H2,1H3,(H,26,27). The third-order valence-corrected chi connectivity index (χ3v) is 4.27. The van der Waals surface area contributed by atoms with Gasteiger partial charge in [-0.1, -0.05) is 30.3 Å². The number of nitriles is 1. The number of amides is 1. The van der Waals surface area contributed by atoms with Crippen molar-refractivity contribution in [1.29, 1.82) is 5.26 Å². The van der Waals surface area contributed by atoms with Gasteiger partial charge in [-0.3, -0.25) is 4.79 Å². The number of nitrogens with zero attached hydrogens (tertiary/aromatic N) is 1. The Kier molecular flexibility index (Phi) is 6.80. The average molecular weight is 400 g/mol. The highest BCUT2D eigenvalue weighted by Gasteiger charge is 2.19. The van der Waals surface area contributed by atoms with E-state index in [4.69, 9.17) is 14.7 Å². The van der Waals surface area contributed by atoms with E-state index in [0.29, 0.717) is 29.2 Å². The summed E-state index contributed by atoms with van der Waals surface area (Å²) in [5, 5.41) is 11.4. The molecule has 3 aromatic carbocycles. The minimum Gasteiger partial charge on any atom is -0.489 e. The van der Waals surface area contributed by atoms with Crippen LogP contribution < -0.4 is 10.1 Å². The Labute approximate surface area is 174 Å². The van der Waals surface area contributed by atoms with Crippen molar-refractivity contribution in [3.05, 3.63) is 95.6 Å². The zero-order valence-electron chi connectivity index (χ0n) is 16.4. The quantitative estimate of drug-likeness (QED) is 0.597. The van der Waals surface area contributed by atoms with Crippen LogP contribution in [-0.4, -0.2) is 18.0 Å². The van der Waals surface area contributed by atoms with Crippen LogP contribution in [0, 0.1) is 11.3 Å². The molecule has 0 radical (unpaired) electrons. The molecule has 0 spiro atoms. The lowest BCUT2D eigenvalue weighted by Gasteiger charge is -2.14. The molecule has 30 heavy (non-hydrogen) atoms. The van der Waals surface area contributed by atoms with Gasteiger partial charge >= 0.3 is 5.97 Å². The number of carbonyl (C=O) groups excluding carboxylic acids is 2. The number of rotatable bonds is 7. The van der Waals surface area contributed by atoms with Gasteiger partial charge in [0.2, 0.25) is 0 Å². The largest absolute Gasteiger partial charge is 0.489 e. The second-order valence-corrected chi connectivity index (χ2v) is 6.52. The number of hydrogen-bond donors (Lipinski definition) is 1. The Bertz CT molecular complexity index is 1040. The molecule has 1 atom stereocenters. The summed E-state index contributed by atoms with van der Waals surface area (Å²) in [6.07, 6.45) is -0.984. The minimum atomic E-state index is -0.984. The van der Waals surface area contributed by atoms with E-state index in [9.17, 15) is 9.59 Å². The Balaban J connectivity index is 1.51. The first-order valence-corrected chi connectivity index (χ1v) is 9.34. The van der Waals surface area contributed by atoms with Crippen LogP contribution >= 0.6 is 0 Å². The molecule has 0 bridgehead atoms. The molecule has 1 amide bonds. The van der Waals surface area contributed by atoms with Crippen molar-refractivity contribution in [1.82, 2.24) is 0 Å². The fourth-order valence-corrected chi connectivity index (χ4v) is 2.58. The fraction of sp³-hybridized carbons (Fsp3) is 0.125. The predicted octanol–water partition coefficient (Wildman–Crippen LogP) is 4.32. The first-order valence-electron chi connectivity index (χ1n) is 9.34. The lowest BCUT2D eigenvalue weighted by atomic mass is 10.2. The van der Waals surface area contributed by atoms with Gasteiger partial charge in [-0.15, -0.1) is 0 Å². The number of esters is 1. The van der Waals surface area contributed by atoms with Crippen molar-refractivity contribution in [2.45, 2.75) is 19.6 Å². The van der Waals surface area contributed by atoms with Crippen LogP contribution in [0.2, 0.25) is 0 Å². The molecule has 0 aliphatic rings. The van der Waals surface area contributed by atoms with Crippen molar-refractivity contribution in [3.63, 3.8) is 0 Å². The van der Waals surface area contributed by atoms with E-state index in [1.165, 1.54) is 6.92 Å². The molecular weight excluding hydrogens is 380 g/mol. The van der Waals surface area contributed by atoms with Crippen molar-refractivity contribution < 1.29 is 19.1 Å². The van der Waals surface area contributed by atoms with E-state index in [1.54, 1.807) is 48.5 Å². The van der Waals surface area contributed by atoms with Gasteiger partial charge < -0.3 is 14.8 Å². The van der Waals surface area contributed by atoms with E-state index in [2.05, 4.69) is 5.32 Å². The van der Waals surface area contributed by atoms with E-state index in [1.807, 2.05) is 36.4 Å². The smallest absolute Gasteiger partial charge is 0.338 e. The zero-order chi connectivity index (χ0) is 21.3. The highest BCUT2D eigenvalue weighted by Crippen LogP contribution is 2.16. The molecule has 0 aliphatic carbocycles. The molecule has 0 saturated heterocycles. The molecule has 3 aromatic rings. The van der Waals surface area contributed by atoms with Crippen LogP contribution in [0.15, 0.2) is 78.9 Å². The highest BCUT2D eigenvalue weighted by atomic mass is 16.5. The van der Waals surface area contributed by atoms with Crippen LogP contribution in [0.3, 0.4) is 0 Å². The summed E-state index contributed by atoms with van der Waals surface area (Å²) in [6.45, 7) is 1.92. The fourth-order valence-electron chi connectivity index (χ4n) is 2.58. The summed E-state index contributed by atoms with van der Waals surface area (Å²) in [7, 11) is 0. The molecule has 0 saturated carbocycles. The lowest BCUT2D eigenvalue weighted by molar-refractivity contribution is -0.123. The molecule has 0 aromatic heterocycles. The summed E-state index contributed by atoms with van der Waals surface area (Å²) in [5.74, 6) is -0.440. The number of nitrogens with one attached hydrogen (secondary N) is 1. The molecular formula is C24H20N2O4. The van der Waals surface area contributed by atoms with Crippen LogP contribution in [-0.2, 0) is 16.1 Å². The number of hydrogen-bond acceptors (Lipinski definition) is 5. The van der Waals surface area contributed by atoms with Gasteiger partial charge in [-0.05, 0) is 61.0 Å². The number of anilines is 1. The van der Waals surface area contributed by atoms with Gasteiger partial charge in [0.25, 0.3) is 5.91 Å². The second-order valence-electron chi connectivity index (χ2n) is 6.52. The molecule has 6 heteroatoms. The van der Waals surface area contributed by atoms with Gasteiger partial charge in [-0.2, -0.15) is 5.26 Å². The molecule has 1 unspecified atom stereocenters. The predicted molar refractivity (Wildman–Crippen MR) is 112 cm³/mol. The SMILES string of the molecule is CC(OC(=O)c1ccc(OCc2ccccc2)cc1)C(=O)Nc1ccc(C#N)cc1. The third kappa shape index (κ3) is 5.69. The topological polar surface area (TPSA) is 88.4 Å². The summed E-state index contributed by atoms with van der Waals surface area (Å²) < 4.78 is 10.9. The highest BCUT2D eigenvalue weighted by molar-refractivity contribution is 5.97. The van der Waals surface area contributed by atoms with Crippen LogP contribution in [0.5, 0.6) is 5.75 Å². The molecule has 3 rings (SSSR count). The number of benzene rings is 3. The third-order valence-electron chi connectivity index (χ3n) is 4.27. The Morgan fingerprint density at radius 2 is 1.63 bits per heavy atom. The molecule has 0 heterocycles. The van der Waals surface area contributed by atoms with E-state index < -0.39 is 18.0 Å². The first-order chi connectivity index (χ1) is 14.5. The number of ether oxygens (including phenoxy) is 2. The summed E-state index contributed by atoms with van der Waals surface area (Å²) in [4.78, 5) is 24.5. The molecule has 1 N–H and O–H groups in total. The monoisotopic (exact) mass is 400 g/mol. The zero-order valence-corrected chi connectivity index (χ0v) is 16.4. The first kappa shape index (κ1) is 20.6. The van der Waals surface area contributed by atoms with Gasteiger partial charge in [0.1, 0.15) is 12.4 Å². The van der Waals surface area contributed by atoms with Gasteiger partial charge in [0.15, 0.2) is 6.10 Å². The van der Waals surface area contributed by atoms with Crippen molar-refractivity contribution in [2.24, 2.45) is 0 Å². The van der Waals surface area contributed by atoms with Crippen molar-refractivity contribution in [3.8, 4) is 11.8 Å². The Morgan fingerprint density at radius 3 is 2.27 bits per heavy atom. The van der Waals surface area contributed by atoms with Crippen molar-refractivity contribution in [2.75, 3.05) is 5.32 Å². The maximum Gasteiger partial charge on any atom is 0.338 e. The molecule has 6 nitrogen and oxygen atoms in total. The van der Waals surface area contributed by atoms with Gasteiger partial charge in [-0.25, -0.2) is 4.79 Å². The normalized spacial score (nSPS) is 11.1. The Morgan fingerprint density at radius 1 is 0.967 bits per heavy atom. The summed E-state index contributed by atoms with van der Waals surface area (Å²) >= 11 is 0. The molecule has 150 valence electrons.